The first-order chi connectivity index (χ1) is 10.0. The van der Waals surface area contributed by atoms with Gasteiger partial charge in [-0.15, -0.1) is 0 Å². The summed E-state index contributed by atoms with van der Waals surface area (Å²) >= 11 is 0. The summed E-state index contributed by atoms with van der Waals surface area (Å²) in [5, 5.41) is 1.02. The summed E-state index contributed by atoms with van der Waals surface area (Å²) in [5.74, 6) is 0. The first-order valence-electron chi connectivity index (χ1n) is 6.97. The maximum absolute atomic E-state index is 12.2. The fourth-order valence-electron chi connectivity index (χ4n) is 1.94. The molecule has 1 aromatic rings. The molecule has 0 bridgehead atoms. The van der Waals surface area contributed by atoms with Crippen molar-refractivity contribution in [2.45, 2.75) is 32.9 Å². The van der Waals surface area contributed by atoms with E-state index in [9.17, 15) is 8.42 Å². The average Bonchev–Trinajstić information content (AvgIpc) is 2.50. The van der Waals surface area contributed by atoms with Crippen LogP contribution >= 0.6 is 0 Å². The van der Waals surface area contributed by atoms with E-state index in [1.165, 1.54) is 4.31 Å². The molecule has 1 aromatic carbocycles. The van der Waals surface area contributed by atoms with Gasteiger partial charge in [0, 0.05) is 18.0 Å². The van der Waals surface area contributed by atoms with Gasteiger partial charge in [0.15, 0.2) is 0 Å². The molecule has 1 atom stereocenters. The van der Waals surface area contributed by atoms with E-state index in [-0.39, 0.29) is 6.04 Å². The molecular weight excluding hydrogens is 282 g/mol. The monoisotopic (exact) mass is 305 g/mol. The van der Waals surface area contributed by atoms with Crippen LogP contribution in [0.25, 0.3) is 0 Å². The fourth-order valence-corrected chi connectivity index (χ4v) is 3.05. The number of allylic oxidation sites excluding steroid dienone is 3. The number of hydrogen-bond donors (Lipinski definition) is 0. The zero-order chi connectivity index (χ0) is 15.7. The molecular formula is C17H23NO2S. The van der Waals surface area contributed by atoms with Crippen LogP contribution < -0.4 is 0 Å². The van der Waals surface area contributed by atoms with Crippen molar-refractivity contribution in [3.8, 4) is 0 Å². The smallest absolute Gasteiger partial charge is 0.208 e. The minimum absolute atomic E-state index is 0.130. The van der Waals surface area contributed by atoms with Gasteiger partial charge in [0.2, 0.25) is 10.0 Å². The Balaban J connectivity index is 2.90. The van der Waals surface area contributed by atoms with Crippen molar-refractivity contribution >= 4 is 10.0 Å². The van der Waals surface area contributed by atoms with Crippen molar-refractivity contribution < 1.29 is 8.42 Å². The highest BCUT2D eigenvalue weighted by molar-refractivity contribution is 7.92. The zero-order valence-corrected chi connectivity index (χ0v) is 13.5. The number of rotatable bonds is 8. The molecule has 0 N–H and O–H groups in total. The molecule has 0 fully saturated rings. The third-order valence-corrected chi connectivity index (χ3v) is 4.69. The molecule has 0 heterocycles. The van der Waals surface area contributed by atoms with Crippen LogP contribution in [0.5, 0.6) is 0 Å². The number of benzene rings is 1. The highest BCUT2D eigenvalue weighted by atomic mass is 32.2. The van der Waals surface area contributed by atoms with E-state index in [2.05, 4.69) is 6.58 Å². The van der Waals surface area contributed by atoms with Crippen LogP contribution in [-0.2, 0) is 16.6 Å². The molecule has 0 aromatic heterocycles. The van der Waals surface area contributed by atoms with E-state index in [0.29, 0.717) is 13.0 Å². The maximum atomic E-state index is 12.2. The lowest BCUT2D eigenvalue weighted by molar-refractivity contribution is 0.335. The van der Waals surface area contributed by atoms with Crippen LogP contribution in [0.15, 0.2) is 66.6 Å². The molecule has 0 saturated carbocycles. The van der Waals surface area contributed by atoms with Crippen LogP contribution in [0.3, 0.4) is 0 Å². The van der Waals surface area contributed by atoms with Crippen molar-refractivity contribution in [1.29, 1.82) is 0 Å². The van der Waals surface area contributed by atoms with E-state index in [1.54, 1.807) is 0 Å². The molecule has 0 amide bonds. The summed E-state index contributed by atoms with van der Waals surface area (Å²) in [7, 11) is -3.46. The number of hydrogen-bond acceptors (Lipinski definition) is 2. The van der Waals surface area contributed by atoms with Crippen molar-refractivity contribution in [2.75, 3.05) is 0 Å². The lowest BCUT2D eigenvalue weighted by atomic mass is 10.2. The standard InChI is InChI=1S/C17H23NO2S/c1-4-6-7-9-12-16(3)18(21(19,20)5-2)15-17-13-10-8-11-14-17/h4-11,13-14,16H,2,12,15H2,1,3H3/b6-4+,9-7+. The predicted molar refractivity (Wildman–Crippen MR) is 89.1 cm³/mol. The Bertz CT molecular complexity index is 588. The Morgan fingerprint density at radius 1 is 1.24 bits per heavy atom. The van der Waals surface area contributed by atoms with Crippen LogP contribution in [-0.4, -0.2) is 18.8 Å². The zero-order valence-electron chi connectivity index (χ0n) is 12.6. The van der Waals surface area contributed by atoms with Crippen molar-refractivity contribution in [3.63, 3.8) is 0 Å². The third-order valence-electron chi connectivity index (χ3n) is 3.13. The van der Waals surface area contributed by atoms with Gasteiger partial charge in [0.25, 0.3) is 0 Å². The Kier molecular flexibility index (Phi) is 7.12. The van der Waals surface area contributed by atoms with Crippen LogP contribution in [0, 0.1) is 0 Å². The average molecular weight is 305 g/mol. The molecule has 1 rings (SSSR count). The van der Waals surface area contributed by atoms with Gasteiger partial charge in [-0.05, 0) is 25.8 Å². The van der Waals surface area contributed by atoms with Gasteiger partial charge in [-0.25, -0.2) is 8.42 Å². The topological polar surface area (TPSA) is 37.4 Å². The Morgan fingerprint density at radius 3 is 2.48 bits per heavy atom. The Hall–Kier alpha value is -1.65. The van der Waals surface area contributed by atoms with Gasteiger partial charge >= 0.3 is 0 Å². The molecule has 1 unspecified atom stereocenters. The van der Waals surface area contributed by atoms with Crippen LogP contribution in [0.4, 0.5) is 0 Å². The van der Waals surface area contributed by atoms with E-state index in [1.807, 2.05) is 68.5 Å². The molecule has 3 nitrogen and oxygen atoms in total. The molecule has 0 aliphatic rings. The molecule has 0 aliphatic carbocycles. The lowest BCUT2D eigenvalue weighted by Crippen LogP contribution is -2.36. The van der Waals surface area contributed by atoms with E-state index < -0.39 is 10.0 Å². The highest BCUT2D eigenvalue weighted by Crippen LogP contribution is 2.17. The van der Waals surface area contributed by atoms with Gasteiger partial charge in [0.1, 0.15) is 0 Å². The fraction of sp³-hybridized carbons (Fsp3) is 0.294. The second kappa shape index (κ2) is 8.60. The summed E-state index contributed by atoms with van der Waals surface area (Å²) in [4.78, 5) is 0. The summed E-state index contributed by atoms with van der Waals surface area (Å²) < 4.78 is 25.9. The highest BCUT2D eigenvalue weighted by Gasteiger charge is 2.24. The molecule has 21 heavy (non-hydrogen) atoms. The molecule has 0 saturated heterocycles. The first-order valence-corrected chi connectivity index (χ1v) is 8.47. The van der Waals surface area contributed by atoms with Gasteiger partial charge in [0.05, 0.1) is 0 Å². The summed E-state index contributed by atoms with van der Waals surface area (Å²) in [6, 6.07) is 9.45. The van der Waals surface area contributed by atoms with Crippen molar-refractivity contribution in [2.24, 2.45) is 0 Å². The van der Waals surface area contributed by atoms with E-state index >= 15 is 0 Å². The molecule has 0 spiro atoms. The lowest BCUT2D eigenvalue weighted by Gasteiger charge is -2.26. The largest absolute Gasteiger partial charge is 0.236 e. The number of sulfonamides is 1. The van der Waals surface area contributed by atoms with Gasteiger partial charge in [-0.1, -0.05) is 61.2 Å². The predicted octanol–water partition coefficient (Wildman–Crippen LogP) is 3.87. The molecule has 0 radical (unpaired) electrons. The Labute approximate surface area is 128 Å². The third kappa shape index (κ3) is 5.69. The quantitative estimate of drug-likeness (QED) is 0.684. The minimum atomic E-state index is -3.46. The van der Waals surface area contributed by atoms with Crippen LogP contribution in [0.2, 0.25) is 0 Å². The second-order valence-electron chi connectivity index (χ2n) is 4.78. The number of nitrogens with zero attached hydrogens (tertiary/aromatic N) is 1. The second-order valence-corrected chi connectivity index (χ2v) is 6.61. The summed E-state index contributed by atoms with van der Waals surface area (Å²) in [6.07, 6.45) is 8.42. The normalized spacial score (nSPS) is 14.0. The van der Waals surface area contributed by atoms with Crippen molar-refractivity contribution in [3.05, 3.63) is 72.2 Å². The van der Waals surface area contributed by atoms with Gasteiger partial charge in [-0.2, -0.15) is 4.31 Å². The van der Waals surface area contributed by atoms with E-state index in [0.717, 1.165) is 11.0 Å². The first kappa shape index (κ1) is 17.4. The Morgan fingerprint density at radius 2 is 1.90 bits per heavy atom. The van der Waals surface area contributed by atoms with Gasteiger partial charge in [-0.3, -0.25) is 0 Å². The van der Waals surface area contributed by atoms with Crippen molar-refractivity contribution in [1.82, 2.24) is 4.31 Å². The van der Waals surface area contributed by atoms with Gasteiger partial charge < -0.3 is 0 Å². The molecule has 114 valence electrons. The van der Waals surface area contributed by atoms with Crippen LogP contribution in [0.1, 0.15) is 25.8 Å². The maximum Gasteiger partial charge on any atom is 0.236 e. The van der Waals surface area contributed by atoms with E-state index in [4.69, 9.17) is 0 Å². The summed E-state index contributed by atoms with van der Waals surface area (Å²) in [6.45, 7) is 7.63. The summed E-state index contributed by atoms with van der Waals surface area (Å²) in [5.41, 5.74) is 0.965. The molecule has 4 heteroatoms. The SMILES string of the molecule is C=CS(=O)(=O)N(Cc1ccccc1)C(C)C/C=C/C=C/C. The molecule has 0 aliphatic heterocycles. The minimum Gasteiger partial charge on any atom is -0.208 e.